The third kappa shape index (κ3) is 15.0. The molecule has 4 nitrogen and oxygen atoms in total. The van der Waals surface area contributed by atoms with Crippen LogP contribution >= 0.6 is 0 Å². The summed E-state index contributed by atoms with van der Waals surface area (Å²) in [7, 11) is -5.20. The summed E-state index contributed by atoms with van der Waals surface area (Å²) in [4.78, 5) is 8.17. The van der Waals surface area contributed by atoms with Gasteiger partial charge in [-0.2, -0.15) is 0 Å². The molecule has 0 aromatic heterocycles. The van der Waals surface area contributed by atoms with Gasteiger partial charge in [0.05, 0.1) is 21.8 Å². The van der Waals surface area contributed by atoms with Gasteiger partial charge < -0.3 is 9.11 Å². The van der Waals surface area contributed by atoms with Crippen molar-refractivity contribution in [3.8, 4) is 0 Å². The Hall–Kier alpha value is -4.11. The lowest BCUT2D eigenvalue weighted by molar-refractivity contribution is 0.234. The van der Waals surface area contributed by atoms with Gasteiger partial charge in [-0.1, -0.05) is 143 Å². The maximum atomic E-state index is 8.52. The number of rotatable bonds is 7. The summed E-state index contributed by atoms with van der Waals surface area (Å²) in [6.07, 6.45) is 5.92. The molecule has 7 rings (SSSR count). The molecule has 0 atom stereocenters. The van der Waals surface area contributed by atoms with Crippen LogP contribution in [0.4, 0.5) is 0 Å². The lowest BCUT2D eigenvalue weighted by Crippen LogP contribution is -2.16. The molecule has 0 amide bonds. The molecule has 6 aromatic rings. The monoisotopic (exact) mass is 762 g/mol. The van der Waals surface area contributed by atoms with Crippen LogP contribution in [0.2, 0.25) is 0 Å². The lowest BCUT2D eigenvalue weighted by Gasteiger charge is -2.28. The van der Waals surface area contributed by atoms with E-state index in [1.165, 1.54) is 55.1 Å². The zero-order chi connectivity index (χ0) is 37.9. The van der Waals surface area contributed by atoms with E-state index in [9.17, 15) is 0 Å². The molecule has 0 unspecified atom stereocenters. The van der Waals surface area contributed by atoms with Gasteiger partial charge in [-0.05, 0) is 103 Å². The van der Waals surface area contributed by atoms with Gasteiger partial charge in [0.2, 0.25) is 0 Å². The number of benzene rings is 6. The van der Waals surface area contributed by atoms with Crippen molar-refractivity contribution in [1.82, 2.24) is 0 Å². The van der Waals surface area contributed by atoms with Crippen LogP contribution in [0.3, 0.4) is 0 Å². The first-order chi connectivity index (χ1) is 25.6. The van der Waals surface area contributed by atoms with E-state index in [-0.39, 0.29) is 21.8 Å². The second-order valence-corrected chi connectivity index (χ2v) is 18.0. The molecule has 0 saturated heterocycles. The second kappa shape index (κ2) is 22.2. The minimum atomic E-state index is -5.17. The molecule has 1 fully saturated rings. The van der Waals surface area contributed by atoms with E-state index in [0.29, 0.717) is 0 Å². The minimum absolute atomic E-state index is 0.0146. The van der Waals surface area contributed by atoms with Crippen molar-refractivity contribution >= 4 is 32.2 Å². The largest absolute Gasteiger partial charge is 0.759 e. The van der Waals surface area contributed by atoms with Gasteiger partial charge in [0.15, 0.2) is 29.4 Å². The Bertz CT molecular complexity index is 1620. The van der Waals surface area contributed by atoms with Crippen molar-refractivity contribution in [2.75, 3.05) is 0 Å². The topological polar surface area (TPSA) is 80.3 Å². The summed E-state index contributed by atoms with van der Waals surface area (Å²) in [6.45, 7) is 7.11. The van der Waals surface area contributed by atoms with Gasteiger partial charge in [-0.3, -0.25) is 8.42 Å². The zero-order valence-electron chi connectivity index (χ0n) is 30.7. The first kappa shape index (κ1) is 41.6. The molecule has 0 aliphatic heterocycles. The standard InChI is InChI=1S/2C18H15S.C10H20.H2O4S/c2*1-4-10-16(11-5-1)19(17-12-6-2-7-13-17)18-14-8-3-9-15-18;1-8(2)10-6-4-9(3)5-7-10;1-5(2,3)4/h2*1-15H;8-10H,4-7H2,1-3H3;(H2,1,2,3,4)/q2*+1;;/p-2. The Balaban J connectivity index is 0.000000174. The molecule has 7 heteroatoms. The average molecular weight is 763 g/mol. The van der Waals surface area contributed by atoms with E-state index in [2.05, 4.69) is 203 Å². The van der Waals surface area contributed by atoms with Gasteiger partial charge in [0.1, 0.15) is 0 Å². The van der Waals surface area contributed by atoms with Crippen LogP contribution in [0.1, 0.15) is 46.5 Å². The first-order valence-corrected chi connectivity index (χ1v) is 21.8. The van der Waals surface area contributed by atoms with E-state index in [1.807, 2.05) is 0 Å². The van der Waals surface area contributed by atoms with E-state index in [4.69, 9.17) is 17.5 Å². The zero-order valence-corrected chi connectivity index (χ0v) is 33.2. The van der Waals surface area contributed by atoms with E-state index in [0.717, 1.165) is 17.8 Å². The SMILES string of the molecule is CC1CCC(C(C)C)CC1.O=S(=O)([O-])[O-].c1ccc([S+](c2ccccc2)c2ccccc2)cc1.c1ccc([S+](c2ccccc2)c2ccccc2)cc1. The fraction of sp³-hybridized carbons (Fsp3) is 0.217. The minimum Gasteiger partial charge on any atom is -0.759 e. The predicted octanol–water partition coefficient (Wildman–Crippen LogP) is 11.7. The summed E-state index contributed by atoms with van der Waals surface area (Å²) < 4.78 is 34.1. The van der Waals surface area contributed by atoms with Crippen LogP contribution in [-0.2, 0) is 32.2 Å². The van der Waals surface area contributed by atoms with Crippen molar-refractivity contribution in [2.24, 2.45) is 17.8 Å². The molecular formula is C46H50O4S3. The highest BCUT2D eigenvalue weighted by Crippen LogP contribution is 2.33. The molecule has 1 saturated carbocycles. The second-order valence-electron chi connectivity index (χ2n) is 13.2. The van der Waals surface area contributed by atoms with Gasteiger partial charge in [-0.25, -0.2) is 0 Å². The molecule has 0 heterocycles. The highest BCUT2D eigenvalue weighted by molar-refractivity contribution is 7.97. The molecule has 6 aromatic carbocycles. The Morgan fingerprint density at radius 3 is 0.792 bits per heavy atom. The van der Waals surface area contributed by atoms with Crippen LogP contribution in [0, 0.1) is 17.8 Å². The summed E-state index contributed by atoms with van der Waals surface area (Å²) in [5.41, 5.74) is 0. The fourth-order valence-corrected chi connectivity index (χ4v) is 10.3. The highest BCUT2D eigenvalue weighted by atomic mass is 32.3. The molecular weight excluding hydrogens is 713 g/mol. The van der Waals surface area contributed by atoms with Gasteiger partial charge in [0.25, 0.3) is 0 Å². The summed E-state index contributed by atoms with van der Waals surface area (Å²) in [5, 5.41) is 0. The van der Waals surface area contributed by atoms with Crippen LogP contribution in [0.5, 0.6) is 0 Å². The van der Waals surface area contributed by atoms with Crippen molar-refractivity contribution in [3.63, 3.8) is 0 Å². The molecule has 53 heavy (non-hydrogen) atoms. The van der Waals surface area contributed by atoms with Crippen LogP contribution in [0.15, 0.2) is 211 Å². The predicted molar refractivity (Wildman–Crippen MR) is 219 cm³/mol. The maximum Gasteiger partial charge on any atom is 0.166 e. The Morgan fingerprint density at radius 1 is 0.434 bits per heavy atom. The molecule has 1 aliphatic carbocycles. The molecule has 1 aliphatic rings. The Kier molecular flexibility index (Phi) is 17.4. The first-order valence-electron chi connectivity index (χ1n) is 18.1. The van der Waals surface area contributed by atoms with Crippen LogP contribution in [-0.4, -0.2) is 17.5 Å². The van der Waals surface area contributed by atoms with Crippen molar-refractivity contribution in [3.05, 3.63) is 182 Å². The van der Waals surface area contributed by atoms with Gasteiger partial charge >= 0.3 is 0 Å². The summed E-state index contributed by atoms with van der Waals surface area (Å²) in [6, 6.07) is 64.3. The molecule has 0 radical (unpaired) electrons. The third-order valence-corrected chi connectivity index (χ3v) is 13.3. The van der Waals surface area contributed by atoms with Gasteiger partial charge in [-0.15, -0.1) is 0 Å². The fourth-order valence-electron chi connectivity index (χ4n) is 6.11. The van der Waals surface area contributed by atoms with Crippen LogP contribution < -0.4 is 0 Å². The number of hydrogen-bond acceptors (Lipinski definition) is 4. The molecule has 0 spiro atoms. The molecule has 0 N–H and O–H groups in total. The smallest absolute Gasteiger partial charge is 0.166 e. The van der Waals surface area contributed by atoms with Crippen molar-refractivity contribution in [2.45, 2.75) is 75.8 Å². The summed E-state index contributed by atoms with van der Waals surface area (Å²) >= 11 is 0. The van der Waals surface area contributed by atoms with E-state index >= 15 is 0 Å². The highest BCUT2D eigenvalue weighted by Gasteiger charge is 2.28. The van der Waals surface area contributed by atoms with Crippen molar-refractivity contribution < 1.29 is 17.5 Å². The molecule has 0 bridgehead atoms. The lowest BCUT2D eigenvalue weighted by atomic mass is 9.78. The average Bonchev–Trinajstić information content (AvgIpc) is 3.18. The van der Waals surface area contributed by atoms with E-state index < -0.39 is 10.4 Å². The summed E-state index contributed by atoms with van der Waals surface area (Å²) in [5.74, 6) is 2.97. The molecule has 276 valence electrons. The quantitative estimate of drug-likeness (QED) is 0.0921. The Labute approximate surface area is 323 Å². The van der Waals surface area contributed by atoms with Gasteiger partial charge in [0, 0.05) is 10.4 Å². The number of hydrogen-bond donors (Lipinski definition) is 0. The van der Waals surface area contributed by atoms with E-state index in [1.54, 1.807) is 0 Å². The van der Waals surface area contributed by atoms with Crippen LogP contribution in [0.25, 0.3) is 0 Å². The maximum absolute atomic E-state index is 8.52. The Morgan fingerprint density at radius 2 is 0.623 bits per heavy atom. The third-order valence-electron chi connectivity index (χ3n) is 8.88. The van der Waals surface area contributed by atoms with Crippen molar-refractivity contribution in [1.29, 1.82) is 0 Å². The normalized spacial score (nSPS) is 15.2.